The first-order chi connectivity index (χ1) is 16.3. The van der Waals surface area contributed by atoms with Gasteiger partial charge in [0.2, 0.25) is 5.79 Å². The molecule has 3 fully saturated rings. The van der Waals surface area contributed by atoms with E-state index in [1.54, 1.807) is 6.07 Å². The summed E-state index contributed by atoms with van der Waals surface area (Å²) in [5.41, 5.74) is 1.27. The number of carboxylic acids is 1. The van der Waals surface area contributed by atoms with Crippen molar-refractivity contribution in [2.45, 2.75) is 55.3 Å². The fourth-order valence-electron chi connectivity index (χ4n) is 4.68. The molecule has 198 valence electrons. The van der Waals surface area contributed by atoms with E-state index in [9.17, 15) is 26.3 Å². The van der Waals surface area contributed by atoms with Gasteiger partial charge in [0.25, 0.3) is 0 Å². The Morgan fingerprint density at radius 1 is 1.06 bits per heavy atom. The standard InChI is InChI=1S/C21H20F3NO3.C2HF3O2.ClH/c22-21(23,24)26-16-9-4-8-15(12-16)20-17(27-20)13-19(28-20)10-5-11-25-18(19)14-6-2-1-3-7-14;3-2(4,5)1(6)7;/h1-4,6-9,12,17-18,25H,5,10-11,13H2;(H,6,7);1H. The van der Waals surface area contributed by atoms with E-state index in [1.807, 2.05) is 18.2 Å². The van der Waals surface area contributed by atoms with Crippen LogP contribution in [0.15, 0.2) is 54.6 Å². The fourth-order valence-corrected chi connectivity index (χ4v) is 4.68. The van der Waals surface area contributed by atoms with Gasteiger partial charge < -0.3 is 24.6 Å². The number of alkyl halides is 6. The molecule has 5 rings (SSSR count). The first kappa shape index (κ1) is 28.0. The van der Waals surface area contributed by atoms with Crippen molar-refractivity contribution in [2.75, 3.05) is 6.54 Å². The van der Waals surface area contributed by atoms with Crippen molar-refractivity contribution in [3.63, 3.8) is 0 Å². The zero-order chi connectivity index (χ0) is 25.5. The second-order valence-corrected chi connectivity index (χ2v) is 8.42. The van der Waals surface area contributed by atoms with Crippen molar-refractivity contribution in [2.24, 2.45) is 0 Å². The number of hydrogen-bond donors (Lipinski definition) is 2. The van der Waals surface area contributed by atoms with Crippen molar-refractivity contribution in [3.05, 3.63) is 65.7 Å². The van der Waals surface area contributed by atoms with Crippen LogP contribution in [0.2, 0.25) is 0 Å². The van der Waals surface area contributed by atoms with Gasteiger partial charge in [0.05, 0.1) is 11.6 Å². The zero-order valence-electron chi connectivity index (χ0n) is 18.4. The largest absolute Gasteiger partial charge is 0.573 e. The monoisotopic (exact) mass is 541 g/mol. The molecule has 2 aromatic rings. The lowest BCUT2D eigenvalue weighted by Crippen LogP contribution is -2.50. The summed E-state index contributed by atoms with van der Waals surface area (Å²) < 4.78 is 86.0. The topological polar surface area (TPSA) is 80.3 Å². The van der Waals surface area contributed by atoms with Crippen molar-refractivity contribution in [3.8, 4) is 5.75 Å². The number of epoxide rings is 1. The van der Waals surface area contributed by atoms with Gasteiger partial charge in [0.15, 0.2) is 0 Å². The molecule has 1 spiro atoms. The highest BCUT2D eigenvalue weighted by atomic mass is 35.5. The second kappa shape index (κ2) is 10.1. The summed E-state index contributed by atoms with van der Waals surface area (Å²) in [6.07, 6.45) is -7.43. The van der Waals surface area contributed by atoms with Gasteiger partial charge in [-0.2, -0.15) is 13.2 Å². The number of nitrogens with one attached hydrogen (secondary N) is 1. The first-order valence-electron chi connectivity index (χ1n) is 10.7. The Morgan fingerprint density at radius 2 is 1.72 bits per heavy atom. The molecule has 3 saturated heterocycles. The van der Waals surface area contributed by atoms with Crippen LogP contribution in [0.25, 0.3) is 0 Å². The fraction of sp³-hybridized carbons (Fsp3) is 0.435. The van der Waals surface area contributed by atoms with E-state index in [0.717, 1.165) is 24.9 Å². The van der Waals surface area contributed by atoms with Crippen molar-refractivity contribution < 1.29 is 50.5 Å². The normalized spacial score (nSPS) is 28.8. The van der Waals surface area contributed by atoms with E-state index >= 15 is 0 Å². The molecule has 3 heterocycles. The molecule has 4 unspecified atom stereocenters. The molecule has 2 N–H and O–H groups in total. The van der Waals surface area contributed by atoms with Gasteiger partial charge in [-0.05, 0) is 37.1 Å². The molecule has 13 heteroatoms. The van der Waals surface area contributed by atoms with E-state index in [2.05, 4.69) is 22.2 Å². The third-order valence-electron chi connectivity index (χ3n) is 6.07. The summed E-state index contributed by atoms with van der Waals surface area (Å²) in [6, 6.07) is 16.0. The number of carboxylic acid groups (broad SMARTS) is 1. The Morgan fingerprint density at radius 3 is 2.33 bits per heavy atom. The van der Waals surface area contributed by atoms with Crippen LogP contribution >= 0.6 is 12.4 Å². The van der Waals surface area contributed by atoms with Gasteiger partial charge in [0.1, 0.15) is 11.9 Å². The number of hydrogen-bond acceptors (Lipinski definition) is 5. The maximum atomic E-state index is 12.6. The van der Waals surface area contributed by atoms with E-state index in [0.29, 0.717) is 12.0 Å². The van der Waals surface area contributed by atoms with Crippen LogP contribution in [-0.4, -0.2) is 41.9 Å². The van der Waals surface area contributed by atoms with Crippen LogP contribution in [0.1, 0.15) is 36.4 Å². The number of aliphatic carboxylic acids is 1. The molecule has 3 aliphatic rings. The lowest BCUT2D eigenvalue weighted by Gasteiger charge is -2.43. The highest BCUT2D eigenvalue weighted by molar-refractivity contribution is 5.85. The lowest BCUT2D eigenvalue weighted by molar-refractivity contribution is -0.274. The molecule has 2 aromatic carbocycles. The number of rotatable bonds is 3. The summed E-state index contributed by atoms with van der Waals surface area (Å²) in [5.74, 6) is -4.01. The van der Waals surface area contributed by atoms with Crippen LogP contribution < -0.4 is 10.1 Å². The first-order valence-corrected chi connectivity index (χ1v) is 10.7. The van der Waals surface area contributed by atoms with Crippen LogP contribution in [0.4, 0.5) is 26.3 Å². The second-order valence-electron chi connectivity index (χ2n) is 8.42. The van der Waals surface area contributed by atoms with E-state index in [1.165, 1.54) is 18.2 Å². The molecule has 0 saturated carbocycles. The molecule has 0 aliphatic carbocycles. The van der Waals surface area contributed by atoms with Crippen LogP contribution in [0, 0.1) is 0 Å². The lowest BCUT2D eigenvalue weighted by atomic mass is 9.79. The predicted octanol–water partition coefficient (Wildman–Crippen LogP) is 5.48. The summed E-state index contributed by atoms with van der Waals surface area (Å²) in [7, 11) is 0. The third-order valence-corrected chi connectivity index (χ3v) is 6.07. The van der Waals surface area contributed by atoms with Gasteiger partial charge in [-0.15, -0.1) is 25.6 Å². The number of carbonyl (C=O) groups is 1. The van der Waals surface area contributed by atoms with Gasteiger partial charge >= 0.3 is 18.5 Å². The summed E-state index contributed by atoms with van der Waals surface area (Å²) in [4.78, 5) is 8.90. The minimum Gasteiger partial charge on any atom is -0.475 e. The molecule has 0 radical (unpaired) electrons. The van der Waals surface area contributed by atoms with E-state index < -0.39 is 29.9 Å². The summed E-state index contributed by atoms with van der Waals surface area (Å²) in [5, 5.41) is 10.7. The highest BCUT2D eigenvalue weighted by Gasteiger charge is 2.72. The zero-order valence-corrected chi connectivity index (χ0v) is 19.3. The van der Waals surface area contributed by atoms with Crippen molar-refractivity contribution in [1.29, 1.82) is 0 Å². The van der Waals surface area contributed by atoms with Gasteiger partial charge in [0, 0.05) is 12.0 Å². The van der Waals surface area contributed by atoms with E-state index in [-0.39, 0.29) is 30.3 Å². The number of benzene rings is 2. The molecule has 6 nitrogen and oxygen atoms in total. The average Bonchev–Trinajstić information content (AvgIpc) is 3.36. The Bertz CT molecular complexity index is 1070. The highest BCUT2D eigenvalue weighted by Crippen LogP contribution is 2.63. The smallest absolute Gasteiger partial charge is 0.475 e. The van der Waals surface area contributed by atoms with E-state index in [4.69, 9.17) is 19.4 Å². The maximum Gasteiger partial charge on any atom is 0.573 e. The summed E-state index contributed by atoms with van der Waals surface area (Å²) in [6.45, 7) is 0.901. The number of piperidine rings is 1. The molecule has 3 aliphatic heterocycles. The minimum absolute atomic E-state index is 0. The number of ether oxygens (including phenoxy) is 3. The predicted molar refractivity (Wildman–Crippen MR) is 115 cm³/mol. The SMILES string of the molecule is Cl.FC(F)(F)Oc1cccc(C23OC2CC2(CCCNC2c2ccccc2)O3)c1.O=C(O)C(F)(F)F. The van der Waals surface area contributed by atoms with Crippen LogP contribution in [0.5, 0.6) is 5.75 Å². The van der Waals surface area contributed by atoms with Crippen LogP contribution in [-0.2, 0) is 20.1 Å². The number of halogens is 7. The van der Waals surface area contributed by atoms with Crippen molar-refractivity contribution in [1.82, 2.24) is 5.32 Å². The van der Waals surface area contributed by atoms with Crippen LogP contribution in [0.3, 0.4) is 0 Å². The average molecular weight is 542 g/mol. The van der Waals surface area contributed by atoms with Crippen molar-refractivity contribution >= 4 is 18.4 Å². The van der Waals surface area contributed by atoms with Gasteiger partial charge in [-0.25, -0.2) is 4.79 Å². The van der Waals surface area contributed by atoms with Gasteiger partial charge in [-0.1, -0.05) is 42.5 Å². The molecule has 0 aromatic heterocycles. The molecular formula is C23H22ClF6NO5. The quantitative estimate of drug-likeness (QED) is 0.396. The Kier molecular flexibility index (Phi) is 7.85. The summed E-state index contributed by atoms with van der Waals surface area (Å²) >= 11 is 0. The minimum atomic E-state index is -5.08. The third kappa shape index (κ3) is 5.88. The molecule has 4 atom stereocenters. The number of fused-ring (bicyclic) bond motifs is 1. The maximum absolute atomic E-state index is 12.6. The molecular weight excluding hydrogens is 520 g/mol. The molecule has 0 amide bonds. The van der Waals surface area contributed by atoms with Gasteiger partial charge in [-0.3, -0.25) is 0 Å². The Hall–Kier alpha value is -2.54. The molecule has 36 heavy (non-hydrogen) atoms. The Labute approximate surface area is 207 Å². The Balaban J connectivity index is 0.000000400. The molecule has 0 bridgehead atoms.